The third-order valence-corrected chi connectivity index (χ3v) is 4.08. The highest BCUT2D eigenvalue weighted by atomic mass is 79.9. The summed E-state index contributed by atoms with van der Waals surface area (Å²) in [5.74, 6) is -0.759. The maximum atomic E-state index is 13.9. The van der Waals surface area contributed by atoms with Gasteiger partial charge in [0.25, 0.3) is 0 Å². The minimum atomic E-state index is -0.805. The van der Waals surface area contributed by atoms with Crippen LogP contribution in [0.4, 0.5) is 14.5 Å². The molecule has 0 aliphatic carbocycles. The second kappa shape index (κ2) is 9.23. The van der Waals surface area contributed by atoms with Crippen LogP contribution in [-0.2, 0) is 4.74 Å². The summed E-state index contributed by atoms with van der Waals surface area (Å²) >= 11 is 3.39. The molecule has 4 nitrogen and oxygen atoms in total. The van der Waals surface area contributed by atoms with E-state index in [0.29, 0.717) is 28.6 Å². The third kappa shape index (κ3) is 5.34. The fourth-order valence-electron chi connectivity index (χ4n) is 2.13. The second-order valence-corrected chi connectivity index (χ2v) is 6.35. The number of rotatable bonds is 7. The highest BCUT2D eigenvalue weighted by Crippen LogP contribution is 2.34. The molecule has 0 spiro atoms. The van der Waals surface area contributed by atoms with Crippen LogP contribution in [0.25, 0.3) is 0 Å². The van der Waals surface area contributed by atoms with E-state index in [1.54, 1.807) is 37.3 Å². The van der Waals surface area contributed by atoms with Crippen LogP contribution >= 0.6 is 15.9 Å². The van der Waals surface area contributed by atoms with Gasteiger partial charge < -0.3 is 20.5 Å². The van der Waals surface area contributed by atoms with Gasteiger partial charge in [-0.3, -0.25) is 0 Å². The molecule has 0 heterocycles. The summed E-state index contributed by atoms with van der Waals surface area (Å²) < 4.78 is 38.6. The largest absolute Gasteiger partial charge is 0.499 e. The Kier molecular flexibility index (Phi) is 7.01. The molecule has 7 heteroatoms. The van der Waals surface area contributed by atoms with Gasteiger partial charge in [0.05, 0.1) is 24.2 Å². The lowest BCUT2D eigenvalue weighted by molar-refractivity contribution is 0.289. The zero-order valence-electron chi connectivity index (χ0n) is 14.9. The minimum Gasteiger partial charge on any atom is -0.499 e. The summed E-state index contributed by atoms with van der Waals surface area (Å²) in [4.78, 5) is 0. The van der Waals surface area contributed by atoms with E-state index >= 15 is 0 Å². The number of hydrogen-bond acceptors (Lipinski definition) is 4. The van der Waals surface area contributed by atoms with Gasteiger partial charge in [0.2, 0.25) is 0 Å². The fourth-order valence-corrected chi connectivity index (χ4v) is 2.49. The molecule has 142 valence electrons. The zero-order valence-corrected chi connectivity index (χ0v) is 16.4. The van der Waals surface area contributed by atoms with Crippen LogP contribution in [0.2, 0.25) is 0 Å². The maximum absolute atomic E-state index is 13.9. The van der Waals surface area contributed by atoms with E-state index in [4.69, 9.17) is 15.2 Å². The quantitative estimate of drug-likeness (QED) is 0.422. The SMILES string of the molecule is C=C/C=C(Nc1cc(Br)ccc1Oc1ccc(F)cc1F)\C(N)=C(/C)OC. The van der Waals surface area contributed by atoms with Crippen LogP contribution in [0.3, 0.4) is 0 Å². The van der Waals surface area contributed by atoms with Crippen LogP contribution in [0.15, 0.2) is 76.8 Å². The Morgan fingerprint density at radius 3 is 2.52 bits per heavy atom. The predicted molar refractivity (Wildman–Crippen MR) is 106 cm³/mol. The van der Waals surface area contributed by atoms with Gasteiger partial charge in [-0.1, -0.05) is 28.6 Å². The molecular formula is C20H19BrF2N2O2. The smallest absolute Gasteiger partial charge is 0.168 e. The Bertz CT molecular complexity index is 911. The molecule has 0 amide bonds. The van der Waals surface area contributed by atoms with Crippen molar-refractivity contribution >= 4 is 21.6 Å². The van der Waals surface area contributed by atoms with Crippen molar-refractivity contribution in [2.45, 2.75) is 6.92 Å². The Hall–Kier alpha value is -2.80. The van der Waals surface area contributed by atoms with E-state index in [-0.39, 0.29) is 5.75 Å². The lowest BCUT2D eigenvalue weighted by atomic mass is 10.2. The first kappa shape index (κ1) is 20.5. The number of benzene rings is 2. The first-order valence-electron chi connectivity index (χ1n) is 7.88. The maximum Gasteiger partial charge on any atom is 0.168 e. The first-order chi connectivity index (χ1) is 12.8. The number of ether oxygens (including phenoxy) is 2. The van der Waals surface area contributed by atoms with Gasteiger partial charge in [0, 0.05) is 10.5 Å². The molecule has 3 N–H and O–H groups in total. The van der Waals surface area contributed by atoms with Crippen LogP contribution in [0, 0.1) is 11.6 Å². The summed E-state index contributed by atoms with van der Waals surface area (Å²) in [6.45, 7) is 5.40. The van der Waals surface area contributed by atoms with Gasteiger partial charge in [0.1, 0.15) is 11.6 Å². The Labute approximate surface area is 165 Å². The van der Waals surface area contributed by atoms with Gasteiger partial charge in [0.15, 0.2) is 17.3 Å². The van der Waals surface area contributed by atoms with E-state index < -0.39 is 11.6 Å². The molecule has 0 saturated heterocycles. The van der Waals surface area contributed by atoms with Crippen molar-refractivity contribution < 1.29 is 18.3 Å². The summed E-state index contributed by atoms with van der Waals surface area (Å²) in [6, 6.07) is 8.22. The Morgan fingerprint density at radius 1 is 1.19 bits per heavy atom. The van der Waals surface area contributed by atoms with Gasteiger partial charge in [-0.2, -0.15) is 0 Å². The second-order valence-electron chi connectivity index (χ2n) is 5.43. The molecule has 0 fully saturated rings. The molecule has 0 unspecified atom stereocenters. The standard InChI is InChI=1S/C20H19BrF2N2O2/c1-4-5-16(20(24)12(2)26-3)25-17-10-13(21)6-8-19(17)27-18-9-7-14(22)11-15(18)23/h4-11,25H,1,24H2,2-3H3/b16-5+,20-12-. The van der Waals surface area contributed by atoms with Crippen LogP contribution in [-0.4, -0.2) is 7.11 Å². The molecule has 0 aliphatic heterocycles. The van der Waals surface area contributed by atoms with E-state index in [1.807, 2.05) is 0 Å². The van der Waals surface area contributed by atoms with E-state index in [9.17, 15) is 8.78 Å². The van der Waals surface area contributed by atoms with Crippen molar-refractivity contribution in [2.75, 3.05) is 12.4 Å². The fraction of sp³-hybridized carbons (Fsp3) is 0.100. The molecule has 2 aromatic rings. The number of halogens is 3. The molecule has 0 aliphatic rings. The highest BCUT2D eigenvalue weighted by Gasteiger charge is 2.13. The van der Waals surface area contributed by atoms with Crippen LogP contribution in [0.5, 0.6) is 11.5 Å². The van der Waals surface area contributed by atoms with Crippen LogP contribution < -0.4 is 15.8 Å². The van der Waals surface area contributed by atoms with E-state index in [0.717, 1.165) is 16.6 Å². The number of allylic oxidation sites excluding steroid dienone is 3. The summed E-state index contributed by atoms with van der Waals surface area (Å²) in [5, 5.41) is 3.13. The number of hydrogen-bond donors (Lipinski definition) is 2. The number of methoxy groups -OCH3 is 1. The van der Waals surface area contributed by atoms with Crippen molar-refractivity contribution in [1.82, 2.24) is 0 Å². The number of nitrogens with one attached hydrogen (secondary N) is 1. The third-order valence-electron chi connectivity index (χ3n) is 3.58. The molecular weight excluding hydrogens is 418 g/mol. The van der Waals surface area contributed by atoms with Crippen molar-refractivity contribution in [3.8, 4) is 11.5 Å². The van der Waals surface area contributed by atoms with Crippen molar-refractivity contribution in [3.63, 3.8) is 0 Å². The first-order valence-corrected chi connectivity index (χ1v) is 8.68. The van der Waals surface area contributed by atoms with Gasteiger partial charge in [-0.15, -0.1) is 0 Å². The summed E-state index contributed by atoms with van der Waals surface area (Å²) in [5.41, 5.74) is 7.51. The van der Waals surface area contributed by atoms with Gasteiger partial charge in [-0.05, 0) is 43.3 Å². The average Bonchev–Trinajstić information content (AvgIpc) is 2.64. The molecule has 0 bridgehead atoms. The molecule has 0 radical (unpaired) electrons. The zero-order chi connectivity index (χ0) is 20.0. The highest BCUT2D eigenvalue weighted by molar-refractivity contribution is 9.10. The molecule has 2 aromatic carbocycles. The van der Waals surface area contributed by atoms with Crippen molar-refractivity contribution in [2.24, 2.45) is 5.73 Å². The molecule has 27 heavy (non-hydrogen) atoms. The van der Waals surface area contributed by atoms with Gasteiger partial charge >= 0.3 is 0 Å². The lowest BCUT2D eigenvalue weighted by Gasteiger charge is -2.17. The van der Waals surface area contributed by atoms with Crippen molar-refractivity contribution in [1.29, 1.82) is 0 Å². The topological polar surface area (TPSA) is 56.5 Å². The number of anilines is 1. The summed E-state index contributed by atoms with van der Waals surface area (Å²) in [6.07, 6.45) is 3.23. The monoisotopic (exact) mass is 436 g/mol. The minimum absolute atomic E-state index is 0.104. The lowest BCUT2D eigenvalue weighted by Crippen LogP contribution is -2.13. The van der Waals surface area contributed by atoms with E-state index in [2.05, 4.69) is 27.8 Å². The molecule has 0 atom stereocenters. The van der Waals surface area contributed by atoms with Crippen LogP contribution in [0.1, 0.15) is 6.92 Å². The normalized spacial score (nSPS) is 12.3. The van der Waals surface area contributed by atoms with E-state index in [1.165, 1.54) is 13.2 Å². The Balaban J connectivity index is 2.43. The summed E-state index contributed by atoms with van der Waals surface area (Å²) in [7, 11) is 1.51. The van der Waals surface area contributed by atoms with Gasteiger partial charge in [-0.25, -0.2) is 8.78 Å². The molecule has 0 aromatic heterocycles. The Morgan fingerprint density at radius 2 is 1.89 bits per heavy atom. The predicted octanol–water partition coefficient (Wildman–Crippen LogP) is 5.84. The average molecular weight is 437 g/mol. The molecule has 0 saturated carbocycles. The molecule has 2 rings (SSSR count). The van der Waals surface area contributed by atoms with Crippen molar-refractivity contribution in [3.05, 3.63) is 88.4 Å². The number of nitrogens with two attached hydrogens (primary N) is 1.